The summed E-state index contributed by atoms with van der Waals surface area (Å²) in [6.07, 6.45) is 0. The molecule has 84 valence electrons. The van der Waals surface area contributed by atoms with Crippen LogP contribution in [0, 0.1) is 0 Å². The first kappa shape index (κ1) is 12.0. The first-order chi connectivity index (χ1) is 7.10. The molecule has 0 aliphatic heterocycles. The number of hydrogen-bond donors (Lipinski definition) is 2. The van der Waals surface area contributed by atoms with Gasteiger partial charge in [-0.1, -0.05) is 26.0 Å². The summed E-state index contributed by atoms with van der Waals surface area (Å²) in [5.74, 6) is 1.30. The topological polar surface area (TPSA) is 61.3 Å². The monoisotopic (exact) mass is 208 g/mol. The van der Waals surface area contributed by atoms with Crippen LogP contribution >= 0.6 is 0 Å². The molecular weight excluding hydrogens is 188 g/mol. The summed E-state index contributed by atoms with van der Waals surface area (Å²) in [6.45, 7) is 4.73. The number of methoxy groups -OCH3 is 1. The Morgan fingerprint density at radius 2 is 2.00 bits per heavy atom. The summed E-state index contributed by atoms with van der Waals surface area (Å²) in [7, 11) is 1.65. The molecule has 0 amide bonds. The fourth-order valence-electron chi connectivity index (χ4n) is 1.53. The number of rotatable bonds is 4. The van der Waals surface area contributed by atoms with Crippen molar-refractivity contribution in [2.75, 3.05) is 13.7 Å². The van der Waals surface area contributed by atoms with Gasteiger partial charge in [-0.05, 0) is 17.5 Å². The van der Waals surface area contributed by atoms with Gasteiger partial charge >= 0.3 is 0 Å². The third kappa shape index (κ3) is 2.70. The molecule has 3 nitrogen and oxygen atoms in total. The molecule has 0 aliphatic carbocycles. The highest BCUT2D eigenvalue weighted by Crippen LogP contribution is 2.27. The molecule has 0 bridgehead atoms. The van der Waals surface area contributed by atoms with Crippen molar-refractivity contribution in [3.05, 3.63) is 29.3 Å². The molecule has 0 radical (unpaired) electrons. The zero-order valence-corrected chi connectivity index (χ0v) is 9.66. The van der Waals surface area contributed by atoms with Crippen LogP contribution in [0.3, 0.4) is 0 Å². The zero-order valence-electron chi connectivity index (χ0n) is 9.66. The lowest BCUT2D eigenvalue weighted by Crippen LogP contribution is -2.21. The lowest BCUT2D eigenvalue weighted by atomic mass is 9.97. The van der Waals surface area contributed by atoms with Crippen molar-refractivity contribution in [2.45, 2.75) is 25.8 Å². The Hall–Kier alpha value is -1.06. The Bertz CT molecular complexity index is 323. The highest BCUT2D eigenvalue weighted by atomic mass is 16.5. The molecule has 1 aromatic carbocycles. The molecule has 3 heteroatoms. The van der Waals surface area contributed by atoms with E-state index < -0.39 is 0 Å². The van der Waals surface area contributed by atoms with Crippen molar-refractivity contribution >= 4 is 0 Å². The lowest BCUT2D eigenvalue weighted by molar-refractivity contribution is 0.405. The molecule has 1 rings (SSSR count). The molecule has 0 saturated carbocycles. The van der Waals surface area contributed by atoms with Gasteiger partial charge in [0.1, 0.15) is 5.75 Å². The van der Waals surface area contributed by atoms with Crippen LogP contribution in [0.2, 0.25) is 0 Å². The van der Waals surface area contributed by atoms with E-state index in [1.807, 2.05) is 6.07 Å². The van der Waals surface area contributed by atoms with E-state index in [1.54, 1.807) is 7.11 Å². The minimum absolute atomic E-state index is 0.154. The predicted molar refractivity (Wildman–Crippen MR) is 63.1 cm³/mol. The van der Waals surface area contributed by atoms with Crippen LogP contribution in [0.4, 0.5) is 0 Å². The maximum Gasteiger partial charge on any atom is 0.123 e. The van der Waals surface area contributed by atoms with Gasteiger partial charge < -0.3 is 16.2 Å². The predicted octanol–water partition coefficient (Wildman–Crippen LogP) is 1.78. The summed E-state index contributed by atoms with van der Waals surface area (Å²) in [5, 5.41) is 0. The average molecular weight is 208 g/mol. The molecule has 0 spiro atoms. The lowest BCUT2D eigenvalue weighted by Gasteiger charge is -2.16. The van der Waals surface area contributed by atoms with Gasteiger partial charge in [-0.2, -0.15) is 0 Å². The second kappa shape index (κ2) is 5.14. The fourth-order valence-corrected chi connectivity index (χ4v) is 1.53. The second-order valence-corrected chi connectivity index (χ2v) is 4.00. The van der Waals surface area contributed by atoms with E-state index in [-0.39, 0.29) is 6.04 Å². The van der Waals surface area contributed by atoms with Crippen molar-refractivity contribution < 1.29 is 4.74 Å². The minimum atomic E-state index is -0.154. The van der Waals surface area contributed by atoms with Crippen molar-refractivity contribution in [3.63, 3.8) is 0 Å². The van der Waals surface area contributed by atoms with Crippen LogP contribution in [0.5, 0.6) is 5.75 Å². The van der Waals surface area contributed by atoms with Gasteiger partial charge in [0.05, 0.1) is 7.11 Å². The van der Waals surface area contributed by atoms with E-state index in [4.69, 9.17) is 16.2 Å². The molecule has 1 atom stereocenters. The van der Waals surface area contributed by atoms with Crippen molar-refractivity contribution in [3.8, 4) is 5.75 Å². The fraction of sp³-hybridized carbons (Fsp3) is 0.500. The summed E-state index contributed by atoms with van der Waals surface area (Å²) < 4.78 is 5.27. The molecule has 0 aromatic heterocycles. The van der Waals surface area contributed by atoms with Crippen LogP contribution in [-0.2, 0) is 0 Å². The maximum atomic E-state index is 5.93. The highest BCUT2D eigenvalue weighted by Gasteiger charge is 2.12. The van der Waals surface area contributed by atoms with E-state index in [0.29, 0.717) is 12.5 Å². The Morgan fingerprint density at radius 1 is 1.33 bits per heavy atom. The standard InChI is InChI=1S/C12H20N2O/c1-8(2)9-4-5-12(15-3)10(6-9)11(14)7-13/h4-6,8,11H,7,13-14H2,1-3H3/t11-/m1/s1. The van der Waals surface area contributed by atoms with Gasteiger partial charge in [0, 0.05) is 18.2 Å². The first-order valence-corrected chi connectivity index (χ1v) is 5.23. The summed E-state index contributed by atoms with van der Waals surface area (Å²) in [6, 6.07) is 5.95. The van der Waals surface area contributed by atoms with Gasteiger partial charge in [0.25, 0.3) is 0 Å². The van der Waals surface area contributed by atoms with E-state index in [1.165, 1.54) is 5.56 Å². The molecule has 0 saturated heterocycles. The highest BCUT2D eigenvalue weighted by molar-refractivity contribution is 5.40. The zero-order chi connectivity index (χ0) is 11.4. The van der Waals surface area contributed by atoms with E-state index in [2.05, 4.69) is 26.0 Å². The van der Waals surface area contributed by atoms with Crippen LogP contribution < -0.4 is 16.2 Å². The summed E-state index contributed by atoms with van der Waals surface area (Å²) in [5.41, 5.74) is 13.8. The number of hydrogen-bond acceptors (Lipinski definition) is 3. The number of ether oxygens (including phenoxy) is 1. The molecule has 0 unspecified atom stereocenters. The van der Waals surface area contributed by atoms with Crippen molar-refractivity contribution in [2.24, 2.45) is 11.5 Å². The van der Waals surface area contributed by atoms with Gasteiger partial charge in [0.2, 0.25) is 0 Å². The summed E-state index contributed by atoms with van der Waals surface area (Å²) >= 11 is 0. The molecule has 0 heterocycles. The van der Waals surface area contributed by atoms with Gasteiger partial charge in [-0.25, -0.2) is 0 Å². The third-order valence-electron chi connectivity index (χ3n) is 2.57. The van der Waals surface area contributed by atoms with Crippen LogP contribution in [-0.4, -0.2) is 13.7 Å². The maximum absolute atomic E-state index is 5.93. The Kier molecular flexibility index (Phi) is 4.12. The van der Waals surface area contributed by atoms with Crippen molar-refractivity contribution in [1.29, 1.82) is 0 Å². The van der Waals surface area contributed by atoms with Gasteiger partial charge in [-0.15, -0.1) is 0 Å². The van der Waals surface area contributed by atoms with Crippen LogP contribution in [0.15, 0.2) is 18.2 Å². The molecule has 1 aromatic rings. The average Bonchev–Trinajstić information content (AvgIpc) is 2.27. The van der Waals surface area contributed by atoms with E-state index in [0.717, 1.165) is 11.3 Å². The summed E-state index contributed by atoms with van der Waals surface area (Å²) in [4.78, 5) is 0. The number of nitrogens with two attached hydrogens (primary N) is 2. The molecule has 0 aliphatic rings. The van der Waals surface area contributed by atoms with E-state index in [9.17, 15) is 0 Å². The normalized spacial score (nSPS) is 12.9. The van der Waals surface area contributed by atoms with Gasteiger partial charge in [-0.3, -0.25) is 0 Å². The first-order valence-electron chi connectivity index (χ1n) is 5.23. The molecule has 15 heavy (non-hydrogen) atoms. The Morgan fingerprint density at radius 3 is 2.47 bits per heavy atom. The molecular formula is C12H20N2O. The third-order valence-corrected chi connectivity index (χ3v) is 2.57. The molecule has 4 N–H and O–H groups in total. The van der Waals surface area contributed by atoms with Crippen LogP contribution in [0.25, 0.3) is 0 Å². The second-order valence-electron chi connectivity index (χ2n) is 4.00. The van der Waals surface area contributed by atoms with Crippen LogP contribution in [0.1, 0.15) is 36.9 Å². The SMILES string of the molecule is COc1ccc(C(C)C)cc1[C@H](N)CN. The number of benzene rings is 1. The Balaban J connectivity index is 3.13. The van der Waals surface area contributed by atoms with Gasteiger partial charge in [0.15, 0.2) is 0 Å². The van der Waals surface area contributed by atoms with Crippen molar-refractivity contribution in [1.82, 2.24) is 0 Å². The smallest absolute Gasteiger partial charge is 0.123 e. The minimum Gasteiger partial charge on any atom is -0.496 e. The largest absolute Gasteiger partial charge is 0.496 e. The Labute approximate surface area is 91.4 Å². The quantitative estimate of drug-likeness (QED) is 0.792. The molecule has 0 fully saturated rings. The van der Waals surface area contributed by atoms with E-state index >= 15 is 0 Å².